The number of ketones is 1. The van der Waals surface area contributed by atoms with Gasteiger partial charge in [0.2, 0.25) is 0 Å². The van der Waals surface area contributed by atoms with Gasteiger partial charge in [-0.15, -0.1) is 0 Å². The Morgan fingerprint density at radius 3 is 1.90 bits per heavy atom. The topological polar surface area (TPSA) is 20.3 Å². The van der Waals surface area contributed by atoms with Crippen molar-refractivity contribution in [1.82, 2.24) is 0 Å². The van der Waals surface area contributed by atoms with Crippen molar-refractivity contribution < 1.29 is 4.79 Å². The van der Waals surface area contributed by atoms with E-state index in [1.54, 1.807) is 0 Å². The van der Waals surface area contributed by atoms with Gasteiger partial charge in [0.15, 0.2) is 5.78 Å². The van der Waals surface area contributed by atoms with E-state index in [0.717, 1.165) is 29.5 Å². The Kier molecular flexibility index (Phi) is 6.50. The first-order valence-electron chi connectivity index (χ1n) is 15.1. The van der Waals surface area contributed by atoms with Crippen LogP contribution < -0.4 is 4.90 Å². The number of nitrogens with zero attached hydrogens (tertiary/aromatic N) is 1. The summed E-state index contributed by atoms with van der Waals surface area (Å²) in [4.78, 5) is 17.6. The first-order valence-corrected chi connectivity index (χ1v) is 15.1. The number of hydrogen-bond acceptors (Lipinski definition) is 2. The van der Waals surface area contributed by atoms with Crippen LogP contribution in [0.5, 0.6) is 0 Å². The smallest absolute Gasteiger partial charge is 0.173 e. The second-order valence-electron chi connectivity index (χ2n) is 12.0. The Balaban J connectivity index is 1.58. The van der Waals surface area contributed by atoms with Crippen LogP contribution in [0.25, 0.3) is 11.1 Å². The molecule has 1 aliphatic heterocycles. The predicted octanol–water partition coefficient (Wildman–Crippen LogP) is 9.15. The first-order chi connectivity index (χ1) is 20.2. The Morgan fingerprint density at radius 1 is 0.683 bits per heavy atom. The number of carbonyl (C=O) groups excluding carboxylic acids is 1. The molecular formula is C39H37NO. The number of anilines is 1. The van der Waals surface area contributed by atoms with Gasteiger partial charge < -0.3 is 4.90 Å². The van der Waals surface area contributed by atoms with Gasteiger partial charge in [-0.3, -0.25) is 4.79 Å². The van der Waals surface area contributed by atoms with E-state index in [-0.39, 0.29) is 17.1 Å². The summed E-state index contributed by atoms with van der Waals surface area (Å²) in [5.74, 6) is -0.164. The van der Waals surface area contributed by atoms with Crippen molar-refractivity contribution >= 4 is 22.6 Å². The highest BCUT2D eigenvalue weighted by Crippen LogP contribution is 2.64. The zero-order valence-corrected chi connectivity index (χ0v) is 23.8. The molecule has 0 saturated heterocycles. The van der Waals surface area contributed by atoms with E-state index in [2.05, 4.69) is 109 Å². The molecule has 2 nitrogen and oxygen atoms in total. The van der Waals surface area contributed by atoms with Gasteiger partial charge in [-0.05, 0) is 58.9 Å². The van der Waals surface area contributed by atoms with Gasteiger partial charge in [0.05, 0.1) is 11.5 Å². The number of benzene rings is 4. The van der Waals surface area contributed by atoms with Gasteiger partial charge in [0, 0.05) is 23.7 Å². The lowest BCUT2D eigenvalue weighted by molar-refractivity contribution is 0.0861. The van der Waals surface area contributed by atoms with E-state index in [0.29, 0.717) is 0 Å². The standard InChI is InChI=1S/C39H37NO/c1-40-35-24-14-13-23-34(35)38(25-15-2-3-16-26-38)39(40)28-32(29-17-7-4-8-18-29)27-33(30-19-9-5-10-20-30)36(39)37(41)31-21-11-6-12-22-31/h4-14,17-24,27-28,36H,2-3,15-16,25-26H2,1H3/t36-,39-/m1/s1. The molecule has 0 radical (unpaired) electrons. The monoisotopic (exact) mass is 535 g/mol. The maximum Gasteiger partial charge on any atom is 0.173 e. The van der Waals surface area contributed by atoms with Gasteiger partial charge in [0.25, 0.3) is 0 Å². The van der Waals surface area contributed by atoms with Crippen molar-refractivity contribution in [2.45, 2.75) is 49.5 Å². The zero-order valence-electron chi connectivity index (χ0n) is 23.8. The van der Waals surface area contributed by atoms with Gasteiger partial charge >= 0.3 is 0 Å². The molecule has 41 heavy (non-hydrogen) atoms. The highest BCUT2D eigenvalue weighted by atomic mass is 16.1. The van der Waals surface area contributed by atoms with E-state index < -0.39 is 5.54 Å². The van der Waals surface area contributed by atoms with Crippen LogP contribution in [-0.4, -0.2) is 18.4 Å². The normalized spacial score (nSPS) is 23.0. The fourth-order valence-corrected chi connectivity index (χ4v) is 8.25. The number of Topliss-reactive ketones (excluding diaryl/α,β-unsaturated/α-hetero) is 1. The summed E-state index contributed by atoms with van der Waals surface area (Å²) >= 11 is 0. The SMILES string of the molecule is CN1c2ccccc2C2(CCCCCC2)[C@]12C=C(c1ccccc1)C=C(c1ccccc1)[C@@H]2C(=O)c1ccccc1. The lowest BCUT2D eigenvalue weighted by atomic mass is 9.53. The van der Waals surface area contributed by atoms with Gasteiger partial charge in [-0.25, -0.2) is 0 Å². The van der Waals surface area contributed by atoms with Crippen LogP contribution in [0.3, 0.4) is 0 Å². The summed E-state index contributed by atoms with van der Waals surface area (Å²) in [5, 5.41) is 0. The van der Waals surface area contributed by atoms with Crippen LogP contribution in [0.4, 0.5) is 5.69 Å². The van der Waals surface area contributed by atoms with Crippen molar-refractivity contribution in [1.29, 1.82) is 0 Å². The molecule has 1 saturated carbocycles. The minimum absolute atomic E-state index is 0.182. The third-order valence-corrected chi connectivity index (χ3v) is 10.0. The molecule has 7 rings (SSSR count). The van der Waals surface area contributed by atoms with Gasteiger partial charge in [-0.2, -0.15) is 0 Å². The van der Waals surface area contributed by atoms with Crippen molar-refractivity contribution in [3.8, 4) is 0 Å². The Bertz CT molecular complexity index is 1610. The highest BCUT2D eigenvalue weighted by Gasteiger charge is 2.65. The second kappa shape index (κ2) is 10.3. The molecule has 0 bridgehead atoms. The maximum absolute atomic E-state index is 15.1. The van der Waals surface area contributed by atoms with Crippen molar-refractivity contribution in [3.63, 3.8) is 0 Å². The van der Waals surface area contributed by atoms with E-state index in [4.69, 9.17) is 0 Å². The Morgan fingerprint density at radius 2 is 1.24 bits per heavy atom. The minimum atomic E-state index is -0.556. The average molecular weight is 536 g/mol. The Hall–Kier alpha value is -4.17. The molecule has 204 valence electrons. The number of hydrogen-bond donors (Lipinski definition) is 0. The number of fused-ring (bicyclic) bond motifs is 3. The summed E-state index contributed by atoms with van der Waals surface area (Å²) in [6, 6.07) is 40.3. The van der Waals surface area contributed by atoms with Crippen molar-refractivity contribution in [3.05, 3.63) is 150 Å². The fourth-order valence-electron chi connectivity index (χ4n) is 8.25. The Labute approximate surface area is 244 Å². The van der Waals surface area contributed by atoms with E-state index in [9.17, 15) is 0 Å². The molecule has 2 spiro atoms. The summed E-state index contributed by atoms with van der Waals surface area (Å²) in [7, 11) is 2.25. The third-order valence-electron chi connectivity index (χ3n) is 10.0. The molecule has 3 aliphatic rings. The van der Waals surface area contributed by atoms with Crippen molar-refractivity contribution in [2.24, 2.45) is 5.92 Å². The third kappa shape index (κ3) is 3.95. The summed E-state index contributed by atoms with van der Waals surface area (Å²) < 4.78 is 0. The molecule has 0 N–H and O–H groups in total. The van der Waals surface area contributed by atoms with Crippen LogP contribution in [-0.2, 0) is 5.41 Å². The van der Waals surface area contributed by atoms with Crippen molar-refractivity contribution in [2.75, 3.05) is 11.9 Å². The molecule has 1 heterocycles. The summed E-state index contributed by atoms with van der Waals surface area (Å²) in [6.45, 7) is 0. The fraction of sp³-hybridized carbons (Fsp3) is 0.256. The molecule has 0 aromatic heterocycles. The molecule has 2 atom stereocenters. The number of carbonyl (C=O) groups is 1. The molecule has 1 fully saturated rings. The maximum atomic E-state index is 15.1. The van der Waals surface area contributed by atoms with E-state index >= 15 is 4.79 Å². The average Bonchev–Trinajstić information content (AvgIpc) is 3.21. The highest BCUT2D eigenvalue weighted by molar-refractivity contribution is 6.10. The quantitative estimate of drug-likeness (QED) is 0.243. The van der Waals surface area contributed by atoms with Crippen LogP contribution >= 0.6 is 0 Å². The first kappa shape index (κ1) is 25.8. The van der Waals surface area contributed by atoms with E-state index in [1.165, 1.54) is 48.1 Å². The lowest BCUT2D eigenvalue weighted by Gasteiger charge is -2.54. The predicted molar refractivity (Wildman–Crippen MR) is 170 cm³/mol. The summed E-state index contributed by atoms with van der Waals surface area (Å²) in [5.41, 5.74) is 7.34. The minimum Gasteiger partial charge on any atom is -0.363 e. The molecule has 0 amide bonds. The number of allylic oxidation sites excluding steroid dienone is 2. The van der Waals surface area contributed by atoms with Gasteiger partial charge in [-0.1, -0.05) is 135 Å². The lowest BCUT2D eigenvalue weighted by Crippen LogP contribution is -2.63. The molecule has 4 aromatic carbocycles. The van der Waals surface area contributed by atoms with Crippen LogP contribution in [0, 0.1) is 5.92 Å². The number of para-hydroxylation sites is 1. The molecular weight excluding hydrogens is 498 g/mol. The van der Waals surface area contributed by atoms with Gasteiger partial charge in [0.1, 0.15) is 0 Å². The second-order valence-corrected chi connectivity index (χ2v) is 12.0. The van der Waals surface area contributed by atoms with E-state index in [1.807, 2.05) is 30.3 Å². The van der Waals surface area contributed by atoms with Crippen LogP contribution in [0.2, 0.25) is 0 Å². The number of rotatable bonds is 4. The molecule has 2 heteroatoms. The zero-order chi connectivity index (χ0) is 27.9. The molecule has 2 aliphatic carbocycles. The van der Waals surface area contributed by atoms with Crippen LogP contribution in [0.1, 0.15) is 65.6 Å². The van der Waals surface area contributed by atoms with Crippen LogP contribution in [0.15, 0.2) is 127 Å². The number of likely N-dealkylation sites (N-methyl/N-ethyl adjacent to an activating group) is 1. The summed E-state index contributed by atoms with van der Waals surface area (Å²) in [6.07, 6.45) is 11.8. The largest absolute Gasteiger partial charge is 0.363 e. The molecule has 0 unspecified atom stereocenters. The molecule has 4 aromatic rings.